The van der Waals surface area contributed by atoms with E-state index in [-0.39, 0.29) is 23.7 Å². The second-order valence-corrected chi connectivity index (χ2v) is 13.3. The van der Waals surface area contributed by atoms with Gasteiger partial charge in [0.1, 0.15) is 0 Å². The van der Waals surface area contributed by atoms with Gasteiger partial charge in [-0.05, 0) is 82.0 Å². The van der Waals surface area contributed by atoms with Crippen molar-refractivity contribution in [3.8, 4) is 0 Å². The highest BCUT2D eigenvalue weighted by molar-refractivity contribution is 5.74. The number of allylic oxidation sites excluding steroid dienone is 2. The highest BCUT2D eigenvalue weighted by Gasteiger charge is 2.70. The van der Waals surface area contributed by atoms with Crippen molar-refractivity contribution in [1.29, 1.82) is 0 Å². The van der Waals surface area contributed by atoms with Crippen molar-refractivity contribution in [2.45, 2.75) is 111 Å². The molecule has 7 rings (SSSR count). The van der Waals surface area contributed by atoms with E-state index in [4.69, 9.17) is 19.2 Å². The Morgan fingerprint density at radius 1 is 1.03 bits per heavy atom. The molecule has 2 saturated carbocycles. The monoisotopic (exact) mass is 518 g/mol. The Morgan fingerprint density at radius 3 is 2.49 bits per heavy atom. The molecule has 1 spiro atoms. The first-order chi connectivity index (χ1) is 17.5. The third kappa shape index (κ3) is 4.57. The maximum atomic E-state index is 12.1. The van der Waals surface area contributed by atoms with Crippen molar-refractivity contribution >= 4 is 11.9 Å². The first-order valence-electron chi connectivity index (χ1n) is 14.6. The molecule has 7 nitrogen and oxygen atoms in total. The van der Waals surface area contributed by atoms with Crippen LogP contribution in [0.1, 0.15) is 92.9 Å². The lowest BCUT2D eigenvalue weighted by Gasteiger charge is -2.57. The molecule has 0 amide bonds. The number of hydrogen-bond donors (Lipinski definition) is 1. The van der Waals surface area contributed by atoms with Gasteiger partial charge in [-0.2, -0.15) is 0 Å². The van der Waals surface area contributed by atoms with Crippen molar-refractivity contribution in [3.63, 3.8) is 0 Å². The highest BCUT2D eigenvalue weighted by atomic mass is 17.3. The van der Waals surface area contributed by atoms with Gasteiger partial charge in [-0.1, -0.05) is 45.8 Å². The standard InChI is InChI=1S/C15H22O5.C15H24O2/c1-8-4-5-11-9(2)12(16)17-13-15(11)10(8)6-7-14(3,18-13)19-20-15;1-9-4-6-12-10(2)5-7-13(14(12)8-9)11(3)15(16)17/h8-11,13H,4-7H2,1-3H3;8,10-14H,4-7H2,1-3H3,(H,16,17)/t8-,9-,10+,11+,13-,14+,15-;10-,11-,12+,13+,14+/m11/s1. The SMILES string of the molecule is CC1=C[C@H]2[C@@H](CC1)[C@H](C)CC[C@H]2[C@@H](C)C(=O)O.C[C@@H]1CC[C@H]2[C@@H](C)C(=O)O[C@@H]3O[C@]4(C)CC[C@@H]1[C@]32OO4. The number of hydrogen-bond acceptors (Lipinski definition) is 6. The minimum Gasteiger partial charge on any atom is -0.481 e. The molecule has 7 heteroatoms. The maximum absolute atomic E-state index is 12.1. The van der Waals surface area contributed by atoms with E-state index in [0.717, 1.165) is 43.9 Å². The third-order valence-corrected chi connectivity index (χ3v) is 11.0. The van der Waals surface area contributed by atoms with Crippen LogP contribution in [0.3, 0.4) is 0 Å². The molecule has 12 atom stereocenters. The maximum Gasteiger partial charge on any atom is 0.311 e. The Labute approximate surface area is 221 Å². The number of aliphatic carboxylic acids is 1. The zero-order valence-corrected chi connectivity index (χ0v) is 23.4. The van der Waals surface area contributed by atoms with Gasteiger partial charge in [-0.3, -0.25) is 9.59 Å². The molecular weight excluding hydrogens is 472 g/mol. The van der Waals surface area contributed by atoms with Crippen molar-refractivity contribution in [1.82, 2.24) is 0 Å². The van der Waals surface area contributed by atoms with Crippen LogP contribution in [0.5, 0.6) is 0 Å². The second kappa shape index (κ2) is 9.95. The topological polar surface area (TPSA) is 91.3 Å². The number of fused-ring (bicyclic) bond motifs is 3. The lowest BCUT2D eigenvalue weighted by atomic mass is 9.58. The Kier molecular flexibility index (Phi) is 7.29. The van der Waals surface area contributed by atoms with Gasteiger partial charge >= 0.3 is 11.9 Å². The minimum absolute atomic E-state index is 0.123. The van der Waals surface area contributed by atoms with Crippen LogP contribution in [-0.4, -0.2) is 34.7 Å². The average molecular weight is 519 g/mol. The summed E-state index contributed by atoms with van der Waals surface area (Å²) >= 11 is 0. The number of carbonyl (C=O) groups excluding carboxylic acids is 1. The molecule has 4 heterocycles. The summed E-state index contributed by atoms with van der Waals surface area (Å²) in [4.78, 5) is 34.9. The quantitative estimate of drug-likeness (QED) is 0.267. The van der Waals surface area contributed by atoms with Crippen LogP contribution in [0, 0.1) is 53.3 Å². The van der Waals surface area contributed by atoms with Crippen LogP contribution < -0.4 is 0 Å². The van der Waals surface area contributed by atoms with Gasteiger partial charge in [0.2, 0.25) is 12.1 Å². The molecule has 7 aliphatic rings. The Balaban J connectivity index is 0.000000154. The van der Waals surface area contributed by atoms with Crippen LogP contribution in [-0.2, 0) is 28.8 Å². The van der Waals surface area contributed by atoms with Gasteiger partial charge in [0, 0.05) is 18.3 Å². The number of carboxylic acid groups (broad SMARTS) is 1. The predicted molar refractivity (Wildman–Crippen MR) is 137 cm³/mol. The van der Waals surface area contributed by atoms with E-state index >= 15 is 0 Å². The summed E-state index contributed by atoms with van der Waals surface area (Å²) in [6.07, 6.45) is 10.4. The van der Waals surface area contributed by atoms with Crippen molar-refractivity contribution in [2.24, 2.45) is 53.3 Å². The van der Waals surface area contributed by atoms with Gasteiger partial charge in [0.25, 0.3) is 0 Å². The molecular formula is C30H46O7. The average Bonchev–Trinajstić information content (AvgIpc) is 3.08. The Hall–Kier alpha value is -1.44. The van der Waals surface area contributed by atoms with E-state index in [0.29, 0.717) is 23.7 Å². The minimum atomic E-state index is -0.793. The normalized spacial score (nSPS) is 49.2. The van der Waals surface area contributed by atoms with Gasteiger partial charge < -0.3 is 14.6 Å². The largest absolute Gasteiger partial charge is 0.481 e. The summed E-state index contributed by atoms with van der Waals surface area (Å²) in [7, 11) is 0. The Morgan fingerprint density at radius 2 is 1.76 bits per heavy atom. The van der Waals surface area contributed by atoms with Crippen LogP contribution in [0.2, 0.25) is 0 Å². The van der Waals surface area contributed by atoms with E-state index in [1.54, 1.807) is 0 Å². The third-order valence-electron chi connectivity index (χ3n) is 11.0. The fraction of sp³-hybridized carbons (Fsp3) is 0.867. The summed E-state index contributed by atoms with van der Waals surface area (Å²) in [5.41, 5.74) is 0.851. The molecule has 4 aliphatic heterocycles. The predicted octanol–water partition coefficient (Wildman–Crippen LogP) is 6.12. The first-order valence-corrected chi connectivity index (χ1v) is 14.6. The highest BCUT2D eigenvalue weighted by Crippen LogP contribution is 2.59. The van der Waals surface area contributed by atoms with Crippen molar-refractivity contribution < 1.29 is 33.9 Å². The summed E-state index contributed by atoms with van der Waals surface area (Å²) < 4.78 is 11.6. The van der Waals surface area contributed by atoms with Crippen LogP contribution in [0.25, 0.3) is 0 Å². The molecule has 0 radical (unpaired) electrons. The number of carbonyl (C=O) groups is 2. The summed E-state index contributed by atoms with van der Waals surface area (Å²) in [6, 6.07) is 0. The van der Waals surface area contributed by atoms with Crippen LogP contribution in [0.4, 0.5) is 0 Å². The molecule has 4 saturated heterocycles. The number of ether oxygens (including phenoxy) is 2. The number of esters is 1. The Bertz CT molecular complexity index is 931. The summed E-state index contributed by atoms with van der Waals surface area (Å²) in [6.45, 7) is 12.5. The first kappa shape index (κ1) is 27.1. The molecule has 0 unspecified atom stereocenters. The lowest BCUT2D eigenvalue weighted by Crippen LogP contribution is -2.69. The number of carboxylic acids is 1. The zero-order valence-electron chi connectivity index (χ0n) is 23.4. The molecule has 2 bridgehead atoms. The zero-order chi connectivity index (χ0) is 26.7. The lowest BCUT2D eigenvalue weighted by molar-refractivity contribution is -0.559. The smallest absolute Gasteiger partial charge is 0.311 e. The molecule has 6 fully saturated rings. The van der Waals surface area contributed by atoms with Crippen LogP contribution >= 0.6 is 0 Å². The molecule has 0 aromatic heterocycles. The molecule has 0 aromatic carbocycles. The van der Waals surface area contributed by atoms with E-state index < -0.39 is 23.6 Å². The summed E-state index contributed by atoms with van der Waals surface area (Å²) in [5.74, 6) is 1.39. The van der Waals surface area contributed by atoms with Gasteiger partial charge in [-0.15, -0.1) is 0 Å². The van der Waals surface area contributed by atoms with Gasteiger partial charge in [0.05, 0.1) is 11.8 Å². The molecule has 0 aromatic rings. The van der Waals surface area contributed by atoms with Crippen LogP contribution in [0.15, 0.2) is 11.6 Å². The van der Waals surface area contributed by atoms with Gasteiger partial charge in [-0.25, -0.2) is 9.78 Å². The molecule has 1 N–H and O–H groups in total. The second-order valence-electron chi connectivity index (χ2n) is 13.3. The van der Waals surface area contributed by atoms with Gasteiger partial charge in [0.15, 0.2) is 5.60 Å². The molecule has 37 heavy (non-hydrogen) atoms. The summed E-state index contributed by atoms with van der Waals surface area (Å²) in [5, 5.41) is 9.24. The van der Waals surface area contributed by atoms with E-state index in [1.807, 2.05) is 20.8 Å². The van der Waals surface area contributed by atoms with E-state index in [2.05, 4.69) is 26.8 Å². The van der Waals surface area contributed by atoms with Crippen molar-refractivity contribution in [2.75, 3.05) is 0 Å². The number of rotatable bonds is 2. The van der Waals surface area contributed by atoms with Crippen molar-refractivity contribution in [3.05, 3.63) is 11.6 Å². The molecule has 3 aliphatic carbocycles. The fourth-order valence-corrected chi connectivity index (χ4v) is 8.62. The van der Waals surface area contributed by atoms with E-state index in [1.165, 1.54) is 24.8 Å². The fourth-order valence-electron chi connectivity index (χ4n) is 8.62. The molecule has 208 valence electrons. The van der Waals surface area contributed by atoms with E-state index in [9.17, 15) is 14.7 Å².